The molecular formula is C16H15FN2O4S. The molecule has 0 aliphatic rings. The van der Waals surface area contributed by atoms with Crippen LogP contribution in [0.2, 0.25) is 0 Å². The maximum absolute atomic E-state index is 13.4. The number of halogens is 1. The molecule has 0 atom stereocenters. The van der Waals surface area contributed by atoms with E-state index in [-0.39, 0.29) is 5.69 Å². The van der Waals surface area contributed by atoms with Gasteiger partial charge in [-0.2, -0.15) is 0 Å². The number of aryl methyl sites for hydroxylation is 2. The van der Waals surface area contributed by atoms with Gasteiger partial charge >= 0.3 is 12.0 Å². The van der Waals surface area contributed by atoms with Gasteiger partial charge in [0.1, 0.15) is 5.82 Å². The van der Waals surface area contributed by atoms with Crippen molar-refractivity contribution in [2.75, 3.05) is 11.9 Å². The Hall–Kier alpha value is -2.74. The number of rotatable bonds is 4. The molecular weight excluding hydrogens is 335 g/mol. The van der Waals surface area contributed by atoms with E-state index in [4.69, 9.17) is 4.74 Å². The van der Waals surface area contributed by atoms with Crippen molar-refractivity contribution in [1.82, 2.24) is 5.32 Å². The van der Waals surface area contributed by atoms with Crippen molar-refractivity contribution in [3.05, 3.63) is 51.5 Å². The average Bonchev–Trinajstić information content (AvgIpc) is 2.86. The molecule has 0 aliphatic heterocycles. The first-order valence-electron chi connectivity index (χ1n) is 6.96. The predicted molar refractivity (Wildman–Crippen MR) is 87.6 cm³/mol. The van der Waals surface area contributed by atoms with E-state index in [2.05, 4.69) is 5.32 Å². The monoisotopic (exact) mass is 350 g/mol. The molecule has 1 heterocycles. The minimum atomic E-state index is -0.913. The molecule has 1 aromatic carbocycles. The first kappa shape index (κ1) is 17.6. The fraction of sp³-hybridized carbons (Fsp3) is 0.188. The summed E-state index contributed by atoms with van der Waals surface area (Å²) in [5.41, 5.74) is 0.324. The summed E-state index contributed by atoms with van der Waals surface area (Å²) in [5, 5.41) is 4.14. The Morgan fingerprint density at radius 3 is 2.54 bits per heavy atom. The number of nitrogens with one attached hydrogen (secondary N) is 2. The molecule has 2 rings (SSSR count). The van der Waals surface area contributed by atoms with Crippen molar-refractivity contribution < 1.29 is 23.5 Å². The van der Waals surface area contributed by atoms with Gasteiger partial charge in [-0.25, -0.2) is 14.0 Å². The lowest BCUT2D eigenvalue weighted by Crippen LogP contribution is -2.37. The van der Waals surface area contributed by atoms with E-state index < -0.39 is 30.3 Å². The summed E-state index contributed by atoms with van der Waals surface area (Å²) in [6, 6.07) is 6.28. The van der Waals surface area contributed by atoms with Crippen molar-refractivity contribution in [3.8, 4) is 0 Å². The molecule has 126 valence electrons. The molecule has 24 heavy (non-hydrogen) atoms. The minimum Gasteiger partial charge on any atom is -0.452 e. The van der Waals surface area contributed by atoms with Crippen molar-refractivity contribution >= 4 is 34.9 Å². The summed E-state index contributed by atoms with van der Waals surface area (Å²) in [4.78, 5) is 36.8. The van der Waals surface area contributed by atoms with Crippen LogP contribution in [0.5, 0.6) is 0 Å². The minimum absolute atomic E-state index is 0.0656. The number of esters is 1. The van der Waals surface area contributed by atoms with E-state index in [1.165, 1.54) is 35.6 Å². The Kier molecular flexibility index (Phi) is 5.64. The van der Waals surface area contributed by atoms with Gasteiger partial charge in [-0.1, -0.05) is 12.1 Å². The number of ether oxygens (including phenoxy) is 1. The summed E-state index contributed by atoms with van der Waals surface area (Å²) in [7, 11) is 0. The second kappa shape index (κ2) is 7.69. The van der Waals surface area contributed by atoms with E-state index in [0.29, 0.717) is 5.56 Å². The van der Waals surface area contributed by atoms with Gasteiger partial charge in [0.05, 0.1) is 11.3 Å². The van der Waals surface area contributed by atoms with Gasteiger partial charge in [-0.15, -0.1) is 11.3 Å². The number of carbonyl (C=O) groups is 3. The number of anilines is 1. The quantitative estimate of drug-likeness (QED) is 0.830. The first-order chi connectivity index (χ1) is 11.4. The van der Waals surface area contributed by atoms with Crippen LogP contribution in [-0.4, -0.2) is 24.5 Å². The predicted octanol–water partition coefficient (Wildman–Crippen LogP) is 3.01. The lowest BCUT2D eigenvalue weighted by molar-refractivity contribution is -0.123. The van der Waals surface area contributed by atoms with Crippen LogP contribution in [-0.2, 0) is 9.53 Å². The molecule has 0 fully saturated rings. The highest BCUT2D eigenvalue weighted by Crippen LogP contribution is 2.21. The van der Waals surface area contributed by atoms with Gasteiger partial charge in [0.2, 0.25) is 0 Å². The molecule has 2 N–H and O–H groups in total. The molecule has 1 aromatic heterocycles. The lowest BCUT2D eigenvalue weighted by Gasteiger charge is -2.08. The molecule has 0 unspecified atom stereocenters. The number of amides is 3. The summed E-state index contributed by atoms with van der Waals surface area (Å²) < 4.78 is 18.2. The van der Waals surface area contributed by atoms with Crippen LogP contribution in [0.15, 0.2) is 30.3 Å². The van der Waals surface area contributed by atoms with E-state index >= 15 is 0 Å². The fourth-order valence-corrected chi connectivity index (χ4v) is 2.83. The third kappa shape index (κ3) is 4.63. The van der Waals surface area contributed by atoms with Gasteiger partial charge in [0.25, 0.3) is 5.91 Å². The zero-order valence-electron chi connectivity index (χ0n) is 13.0. The maximum Gasteiger partial charge on any atom is 0.339 e. The van der Waals surface area contributed by atoms with Crippen molar-refractivity contribution in [2.24, 2.45) is 0 Å². The smallest absolute Gasteiger partial charge is 0.339 e. The summed E-state index contributed by atoms with van der Waals surface area (Å²) >= 11 is 1.44. The van der Waals surface area contributed by atoms with E-state index in [1.807, 2.05) is 12.2 Å². The zero-order chi connectivity index (χ0) is 17.7. The molecule has 0 saturated carbocycles. The van der Waals surface area contributed by atoms with Gasteiger partial charge in [-0.3, -0.25) is 10.1 Å². The molecule has 3 amide bonds. The first-order valence-corrected chi connectivity index (χ1v) is 7.78. The van der Waals surface area contributed by atoms with Gasteiger partial charge in [0, 0.05) is 9.75 Å². The third-order valence-corrected chi connectivity index (χ3v) is 3.94. The van der Waals surface area contributed by atoms with Crippen LogP contribution in [0.1, 0.15) is 20.1 Å². The van der Waals surface area contributed by atoms with Gasteiger partial charge in [0.15, 0.2) is 6.61 Å². The van der Waals surface area contributed by atoms with Gasteiger partial charge < -0.3 is 10.1 Å². The molecule has 0 bridgehead atoms. The fourth-order valence-electron chi connectivity index (χ4n) is 1.92. The second-order valence-corrected chi connectivity index (χ2v) is 6.35. The molecule has 0 radical (unpaired) electrons. The number of carbonyl (C=O) groups excluding carboxylic acids is 3. The summed E-state index contributed by atoms with van der Waals surface area (Å²) in [5.74, 6) is -2.09. The van der Waals surface area contributed by atoms with Crippen LogP contribution in [0.3, 0.4) is 0 Å². The molecule has 8 heteroatoms. The number of hydrogen-bond donors (Lipinski definition) is 2. The average molecular weight is 350 g/mol. The molecule has 0 spiro atoms. The van der Waals surface area contributed by atoms with E-state index in [9.17, 15) is 18.8 Å². The molecule has 2 aromatic rings. The highest BCUT2D eigenvalue weighted by Gasteiger charge is 2.16. The lowest BCUT2D eigenvalue weighted by atomic mass is 10.2. The van der Waals surface area contributed by atoms with Crippen LogP contribution >= 0.6 is 11.3 Å². The second-order valence-electron chi connectivity index (χ2n) is 4.89. The molecule has 0 aliphatic carbocycles. The van der Waals surface area contributed by atoms with Gasteiger partial charge in [-0.05, 0) is 32.0 Å². The number of para-hydroxylation sites is 1. The van der Waals surface area contributed by atoms with Crippen LogP contribution in [0, 0.1) is 19.7 Å². The number of urea groups is 1. The van der Waals surface area contributed by atoms with Crippen molar-refractivity contribution in [3.63, 3.8) is 0 Å². The zero-order valence-corrected chi connectivity index (χ0v) is 13.8. The Balaban J connectivity index is 1.83. The highest BCUT2D eigenvalue weighted by atomic mass is 32.1. The van der Waals surface area contributed by atoms with Crippen LogP contribution in [0.4, 0.5) is 14.9 Å². The summed E-state index contributed by atoms with van der Waals surface area (Å²) in [6.45, 7) is 3.02. The topological polar surface area (TPSA) is 84.5 Å². The third-order valence-electron chi connectivity index (χ3n) is 2.97. The Morgan fingerprint density at radius 1 is 1.21 bits per heavy atom. The van der Waals surface area contributed by atoms with Crippen molar-refractivity contribution in [1.29, 1.82) is 0 Å². The Morgan fingerprint density at radius 2 is 1.92 bits per heavy atom. The largest absolute Gasteiger partial charge is 0.452 e. The number of hydrogen-bond acceptors (Lipinski definition) is 5. The number of imide groups is 1. The standard InChI is InChI=1S/C16H15FN2O4S/c1-9-7-11(10(2)24-9)15(21)23-8-14(20)19-16(22)18-13-6-4-3-5-12(13)17/h3-7H,8H2,1-2H3,(H2,18,19,20,22). The van der Waals surface area contributed by atoms with E-state index in [0.717, 1.165) is 9.75 Å². The Bertz CT molecular complexity index is 788. The maximum atomic E-state index is 13.4. The normalized spacial score (nSPS) is 10.1. The van der Waals surface area contributed by atoms with E-state index in [1.54, 1.807) is 13.0 Å². The van der Waals surface area contributed by atoms with Crippen molar-refractivity contribution in [2.45, 2.75) is 13.8 Å². The highest BCUT2D eigenvalue weighted by molar-refractivity contribution is 7.12. The molecule has 0 saturated heterocycles. The Labute approximate surface area is 141 Å². The summed E-state index contributed by atoms with van der Waals surface area (Å²) in [6.07, 6.45) is 0. The number of thiophene rings is 1. The number of benzene rings is 1. The van der Waals surface area contributed by atoms with Crippen LogP contribution < -0.4 is 10.6 Å². The SMILES string of the molecule is Cc1cc(C(=O)OCC(=O)NC(=O)Nc2ccccc2F)c(C)s1. The molecule has 6 nitrogen and oxygen atoms in total. The van der Waals surface area contributed by atoms with Crippen LogP contribution in [0.25, 0.3) is 0 Å².